The van der Waals surface area contributed by atoms with E-state index in [1.165, 1.54) is 6.20 Å². The fourth-order valence-electron chi connectivity index (χ4n) is 1.29. The van der Waals surface area contributed by atoms with Crippen LogP contribution < -0.4 is 10.5 Å². The molecule has 0 saturated carbocycles. The highest BCUT2D eigenvalue weighted by atomic mass is 32.2. The van der Waals surface area contributed by atoms with Gasteiger partial charge in [0.2, 0.25) is 0 Å². The molecule has 1 atom stereocenters. The minimum Gasteiger partial charge on any atom is -0.337 e. The number of imidazole rings is 1. The van der Waals surface area contributed by atoms with Crippen LogP contribution in [-0.4, -0.2) is 30.6 Å². The number of hydrogen-bond donors (Lipinski definition) is 2. The van der Waals surface area contributed by atoms with Gasteiger partial charge in [0, 0.05) is 19.3 Å². The molecule has 0 aromatic carbocycles. The summed E-state index contributed by atoms with van der Waals surface area (Å²) in [5.41, 5.74) is 5.36. The molecule has 7 heteroatoms. The van der Waals surface area contributed by atoms with Crippen LogP contribution in [0.3, 0.4) is 0 Å². The summed E-state index contributed by atoms with van der Waals surface area (Å²) in [4.78, 5) is 3.98. The van der Waals surface area contributed by atoms with Crippen LogP contribution in [0.2, 0.25) is 0 Å². The van der Waals surface area contributed by atoms with Crippen molar-refractivity contribution in [3.05, 3.63) is 12.0 Å². The predicted molar refractivity (Wildman–Crippen MR) is 61.4 cm³/mol. The van der Waals surface area contributed by atoms with Gasteiger partial charge in [-0.15, -0.1) is 0 Å². The first-order valence-corrected chi connectivity index (χ1v) is 6.57. The lowest BCUT2D eigenvalue weighted by molar-refractivity contribution is 0.547. The molecule has 0 fully saturated rings. The summed E-state index contributed by atoms with van der Waals surface area (Å²) < 4.78 is 27.9. The maximum absolute atomic E-state index is 11.9. The fraction of sp³-hybridized carbons (Fsp3) is 0.667. The van der Waals surface area contributed by atoms with Gasteiger partial charge in [0.25, 0.3) is 10.0 Å². The molecule has 0 amide bonds. The Morgan fingerprint density at radius 3 is 2.69 bits per heavy atom. The van der Waals surface area contributed by atoms with Gasteiger partial charge in [-0.1, -0.05) is 0 Å². The Morgan fingerprint density at radius 2 is 2.25 bits per heavy atom. The third kappa shape index (κ3) is 3.03. The van der Waals surface area contributed by atoms with Crippen molar-refractivity contribution < 1.29 is 8.42 Å². The van der Waals surface area contributed by atoms with E-state index < -0.39 is 10.0 Å². The van der Waals surface area contributed by atoms with Crippen molar-refractivity contribution in [3.63, 3.8) is 0 Å². The number of rotatable bonds is 5. The summed E-state index contributed by atoms with van der Waals surface area (Å²) in [7, 11) is -1.77. The number of hydrogen-bond acceptors (Lipinski definition) is 4. The van der Waals surface area contributed by atoms with E-state index >= 15 is 0 Å². The summed E-state index contributed by atoms with van der Waals surface area (Å²) in [5.74, 6) is 0.659. The number of nitrogens with one attached hydrogen (secondary N) is 1. The quantitative estimate of drug-likeness (QED) is 0.749. The maximum atomic E-state index is 11.9. The smallest absolute Gasteiger partial charge is 0.259 e. The third-order valence-corrected chi connectivity index (χ3v) is 3.78. The van der Waals surface area contributed by atoms with Crippen LogP contribution in [-0.2, 0) is 17.1 Å². The zero-order chi connectivity index (χ0) is 12.3. The Kier molecular flexibility index (Phi) is 4.06. The zero-order valence-electron chi connectivity index (χ0n) is 9.77. The van der Waals surface area contributed by atoms with Crippen LogP contribution in [0, 0.1) is 6.92 Å². The summed E-state index contributed by atoms with van der Waals surface area (Å²) in [5, 5.41) is 0.0522. The number of nitrogens with two attached hydrogens (primary N) is 1. The van der Waals surface area contributed by atoms with Crippen molar-refractivity contribution in [2.45, 2.75) is 31.3 Å². The van der Waals surface area contributed by atoms with E-state index in [0.29, 0.717) is 18.8 Å². The lowest BCUT2D eigenvalue weighted by Gasteiger charge is -2.11. The minimum absolute atomic E-state index is 0.0522. The lowest BCUT2D eigenvalue weighted by Crippen LogP contribution is -2.34. The molecular formula is C9H18N4O2S. The van der Waals surface area contributed by atoms with Crippen molar-refractivity contribution >= 4 is 10.0 Å². The van der Waals surface area contributed by atoms with E-state index in [0.717, 1.165) is 0 Å². The molecule has 1 aromatic rings. The van der Waals surface area contributed by atoms with Gasteiger partial charge in [0.15, 0.2) is 5.03 Å². The number of aromatic nitrogens is 2. The molecule has 0 bridgehead atoms. The molecular weight excluding hydrogens is 228 g/mol. The molecule has 0 aliphatic heterocycles. The Labute approximate surface area is 95.9 Å². The van der Waals surface area contributed by atoms with E-state index in [1.54, 1.807) is 25.5 Å². The van der Waals surface area contributed by atoms with Gasteiger partial charge in [-0.2, -0.15) is 0 Å². The molecule has 0 radical (unpaired) electrons. The number of aryl methyl sites for hydroxylation is 2. The van der Waals surface area contributed by atoms with E-state index in [2.05, 4.69) is 9.71 Å². The molecule has 6 nitrogen and oxygen atoms in total. The molecule has 1 unspecified atom stereocenters. The molecule has 92 valence electrons. The van der Waals surface area contributed by atoms with E-state index in [9.17, 15) is 8.42 Å². The second-order valence-electron chi connectivity index (χ2n) is 3.84. The summed E-state index contributed by atoms with van der Waals surface area (Å²) in [6.07, 6.45) is 2.10. The highest BCUT2D eigenvalue weighted by molar-refractivity contribution is 7.89. The molecule has 0 aliphatic carbocycles. The largest absolute Gasteiger partial charge is 0.337 e. The van der Waals surface area contributed by atoms with Crippen molar-refractivity contribution in [1.29, 1.82) is 0 Å². The number of nitrogens with zero attached hydrogens (tertiary/aromatic N) is 2. The van der Waals surface area contributed by atoms with Crippen molar-refractivity contribution in [3.8, 4) is 0 Å². The average molecular weight is 246 g/mol. The Morgan fingerprint density at radius 1 is 1.62 bits per heavy atom. The molecule has 0 aliphatic rings. The topological polar surface area (TPSA) is 90.0 Å². The second-order valence-corrected chi connectivity index (χ2v) is 5.50. The highest BCUT2D eigenvalue weighted by Crippen LogP contribution is 2.08. The molecule has 3 N–H and O–H groups in total. The van der Waals surface area contributed by atoms with Crippen LogP contribution in [0.4, 0.5) is 0 Å². The van der Waals surface area contributed by atoms with Gasteiger partial charge in [-0.05, 0) is 26.8 Å². The van der Waals surface area contributed by atoms with Gasteiger partial charge in [-0.3, -0.25) is 0 Å². The van der Waals surface area contributed by atoms with Crippen molar-refractivity contribution in [2.24, 2.45) is 12.8 Å². The normalized spacial score (nSPS) is 14.0. The molecule has 16 heavy (non-hydrogen) atoms. The molecule has 0 spiro atoms. The van der Waals surface area contributed by atoms with Crippen molar-refractivity contribution in [1.82, 2.24) is 14.3 Å². The molecule has 1 aromatic heterocycles. The number of sulfonamides is 1. The molecule has 0 saturated heterocycles. The van der Waals surface area contributed by atoms with Gasteiger partial charge < -0.3 is 10.3 Å². The van der Waals surface area contributed by atoms with Crippen LogP contribution in [0.5, 0.6) is 0 Å². The SMILES string of the molecule is Cc1nc(S(=O)(=O)NC(C)CCN)cn1C. The first-order chi connectivity index (χ1) is 7.36. The first-order valence-electron chi connectivity index (χ1n) is 5.09. The molecule has 1 rings (SSSR count). The Bertz CT molecular complexity index is 433. The second kappa shape index (κ2) is 4.94. The third-order valence-electron chi connectivity index (χ3n) is 2.32. The predicted octanol–water partition coefficient (Wildman–Crippen LogP) is -0.256. The maximum Gasteiger partial charge on any atom is 0.259 e. The Balaban J connectivity index is 2.86. The van der Waals surface area contributed by atoms with E-state index in [1.807, 2.05) is 0 Å². The van der Waals surface area contributed by atoms with Crippen LogP contribution >= 0.6 is 0 Å². The summed E-state index contributed by atoms with van der Waals surface area (Å²) in [6.45, 7) is 3.98. The van der Waals surface area contributed by atoms with Crippen LogP contribution in [0.15, 0.2) is 11.2 Å². The minimum atomic E-state index is -3.52. The summed E-state index contributed by atoms with van der Waals surface area (Å²) in [6, 6.07) is -0.183. The summed E-state index contributed by atoms with van der Waals surface area (Å²) >= 11 is 0. The lowest BCUT2D eigenvalue weighted by atomic mass is 10.3. The van der Waals surface area contributed by atoms with Gasteiger partial charge in [-0.25, -0.2) is 18.1 Å². The zero-order valence-corrected chi connectivity index (χ0v) is 10.6. The van der Waals surface area contributed by atoms with E-state index in [4.69, 9.17) is 5.73 Å². The van der Waals surface area contributed by atoms with Gasteiger partial charge in [0.05, 0.1) is 0 Å². The molecule has 1 heterocycles. The van der Waals surface area contributed by atoms with Crippen molar-refractivity contribution in [2.75, 3.05) is 6.54 Å². The average Bonchev–Trinajstić information content (AvgIpc) is 2.47. The monoisotopic (exact) mass is 246 g/mol. The Hall–Kier alpha value is -0.920. The highest BCUT2D eigenvalue weighted by Gasteiger charge is 2.20. The van der Waals surface area contributed by atoms with E-state index in [-0.39, 0.29) is 11.1 Å². The van der Waals surface area contributed by atoms with Gasteiger partial charge >= 0.3 is 0 Å². The van der Waals surface area contributed by atoms with Crippen LogP contribution in [0.25, 0.3) is 0 Å². The van der Waals surface area contributed by atoms with Gasteiger partial charge in [0.1, 0.15) is 5.82 Å². The first kappa shape index (κ1) is 13.1. The van der Waals surface area contributed by atoms with Crippen LogP contribution in [0.1, 0.15) is 19.2 Å². The fourth-order valence-corrected chi connectivity index (χ4v) is 2.61. The standard InChI is InChI=1S/C9H18N4O2S/c1-7(4-5-10)12-16(14,15)9-6-13(3)8(2)11-9/h6-7,12H,4-5,10H2,1-3H3.